The van der Waals surface area contributed by atoms with Crippen molar-refractivity contribution in [2.45, 2.75) is 45.6 Å². The second-order valence-electron chi connectivity index (χ2n) is 8.32. The van der Waals surface area contributed by atoms with E-state index in [1.54, 1.807) is 14.2 Å². The third kappa shape index (κ3) is 6.17. The molecule has 0 saturated carbocycles. The fraction of sp³-hybridized carbons (Fsp3) is 0.444. The average molecular weight is 471 g/mol. The van der Waals surface area contributed by atoms with Crippen molar-refractivity contribution in [3.63, 3.8) is 0 Å². The largest absolute Gasteiger partial charge is 0.496 e. The van der Waals surface area contributed by atoms with Crippen molar-refractivity contribution < 1.29 is 14.6 Å². The first-order valence-electron chi connectivity index (χ1n) is 11.7. The molecule has 6 heteroatoms. The Kier molecular flexibility index (Phi) is 9.36. The van der Waals surface area contributed by atoms with Crippen molar-refractivity contribution in [2.24, 2.45) is 0 Å². The summed E-state index contributed by atoms with van der Waals surface area (Å²) in [6.45, 7) is 6.89. The van der Waals surface area contributed by atoms with Crippen molar-refractivity contribution >= 4 is 22.5 Å². The fourth-order valence-corrected chi connectivity index (χ4v) is 4.21. The van der Waals surface area contributed by atoms with E-state index in [1.165, 1.54) is 0 Å². The summed E-state index contributed by atoms with van der Waals surface area (Å²) in [5, 5.41) is 13.0. The van der Waals surface area contributed by atoms with Crippen LogP contribution in [0.4, 0.5) is 0 Å². The van der Waals surface area contributed by atoms with E-state index >= 15 is 0 Å². The van der Waals surface area contributed by atoms with Gasteiger partial charge in [0.05, 0.1) is 31.4 Å². The molecular formula is C27H35ClN2O3. The number of methoxy groups -OCH3 is 2. The number of unbranched alkanes of at least 4 members (excludes halogenated alkanes) is 2. The van der Waals surface area contributed by atoms with Crippen LogP contribution in [0.1, 0.15) is 51.2 Å². The molecule has 1 unspecified atom stereocenters. The Bertz CT molecular complexity index is 1030. The fourth-order valence-electron chi connectivity index (χ4n) is 4.08. The normalized spacial score (nSPS) is 12.3. The summed E-state index contributed by atoms with van der Waals surface area (Å²) in [5.41, 5.74) is 3.15. The highest BCUT2D eigenvalue weighted by Gasteiger charge is 2.22. The molecule has 0 fully saturated rings. The van der Waals surface area contributed by atoms with Gasteiger partial charge in [0, 0.05) is 17.1 Å². The van der Waals surface area contributed by atoms with E-state index in [-0.39, 0.29) is 0 Å². The molecule has 33 heavy (non-hydrogen) atoms. The van der Waals surface area contributed by atoms with Gasteiger partial charge < -0.3 is 19.5 Å². The number of hydrogen-bond acceptors (Lipinski definition) is 5. The molecule has 1 atom stereocenters. The van der Waals surface area contributed by atoms with Crippen LogP contribution < -0.4 is 9.47 Å². The Balaban J connectivity index is 2.13. The Morgan fingerprint density at radius 3 is 2.12 bits per heavy atom. The van der Waals surface area contributed by atoms with Gasteiger partial charge >= 0.3 is 0 Å². The lowest BCUT2D eigenvalue weighted by Gasteiger charge is -2.26. The monoisotopic (exact) mass is 470 g/mol. The molecule has 1 N–H and O–H groups in total. The molecule has 0 spiro atoms. The topological polar surface area (TPSA) is 54.8 Å². The van der Waals surface area contributed by atoms with Gasteiger partial charge in [0.25, 0.3) is 0 Å². The zero-order chi connectivity index (χ0) is 23.8. The van der Waals surface area contributed by atoms with E-state index in [2.05, 4.69) is 18.7 Å². The number of benzene rings is 2. The van der Waals surface area contributed by atoms with Gasteiger partial charge in [-0.15, -0.1) is 0 Å². The predicted octanol–water partition coefficient (Wildman–Crippen LogP) is 6.51. The van der Waals surface area contributed by atoms with E-state index < -0.39 is 6.10 Å². The third-order valence-electron chi connectivity index (χ3n) is 5.94. The Morgan fingerprint density at radius 2 is 1.55 bits per heavy atom. The van der Waals surface area contributed by atoms with Crippen LogP contribution >= 0.6 is 11.6 Å². The lowest BCUT2D eigenvalue weighted by molar-refractivity contribution is 0.112. The summed E-state index contributed by atoms with van der Waals surface area (Å²) in [5.74, 6) is 1.31. The van der Waals surface area contributed by atoms with E-state index in [0.717, 1.165) is 61.0 Å². The molecule has 0 bridgehead atoms. The first-order chi connectivity index (χ1) is 16.0. The van der Waals surface area contributed by atoms with Crippen LogP contribution in [-0.4, -0.2) is 48.8 Å². The summed E-state index contributed by atoms with van der Waals surface area (Å²) < 4.78 is 11.3. The minimum atomic E-state index is -0.698. The molecule has 5 nitrogen and oxygen atoms in total. The van der Waals surface area contributed by atoms with Crippen LogP contribution in [0.2, 0.25) is 5.02 Å². The second-order valence-corrected chi connectivity index (χ2v) is 8.76. The van der Waals surface area contributed by atoms with E-state index in [4.69, 9.17) is 26.1 Å². The highest BCUT2D eigenvalue weighted by molar-refractivity contribution is 6.30. The highest BCUT2D eigenvalue weighted by atomic mass is 35.5. The van der Waals surface area contributed by atoms with Gasteiger partial charge in [-0.3, -0.25) is 0 Å². The minimum absolute atomic E-state index is 0.555. The summed E-state index contributed by atoms with van der Waals surface area (Å²) in [7, 11) is 3.27. The molecular weight excluding hydrogens is 436 g/mol. The Morgan fingerprint density at radius 1 is 0.939 bits per heavy atom. The molecule has 0 aliphatic carbocycles. The Hall–Kier alpha value is -2.34. The van der Waals surface area contributed by atoms with Crippen molar-refractivity contribution in [1.82, 2.24) is 9.88 Å². The first-order valence-corrected chi connectivity index (χ1v) is 12.1. The average Bonchev–Trinajstić information content (AvgIpc) is 2.84. The van der Waals surface area contributed by atoms with Gasteiger partial charge in [-0.2, -0.15) is 0 Å². The number of nitrogens with zero attached hydrogens (tertiary/aromatic N) is 2. The zero-order valence-corrected chi connectivity index (χ0v) is 20.9. The molecule has 2 aromatic carbocycles. The highest BCUT2D eigenvalue weighted by Crippen LogP contribution is 2.39. The molecule has 0 amide bonds. The van der Waals surface area contributed by atoms with Crippen LogP contribution in [0.25, 0.3) is 22.2 Å². The van der Waals surface area contributed by atoms with E-state index in [0.29, 0.717) is 28.6 Å². The summed E-state index contributed by atoms with van der Waals surface area (Å²) in [4.78, 5) is 7.26. The quantitative estimate of drug-likeness (QED) is 0.327. The summed E-state index contributed by atoms with van der Waals surface area (Å²) >= 11 is 6.10. The van der Waals surface area contributed by atoms with Crippen LogP contribution in [-0.2, 0) is 0 Å². The molecule has 0 aliphatic rings. The van der Waals surface area contributed by atoms with Crippen LogP contribution in [0.5, 0.6) is 11.5 Å². The van der Waals surface area contributed by atoms with Crippen LogP contribution in [0.3, 0.4) is 0 Å². The number of hydrogen-bond donors (Lipinski definition) is 1. The van der Waals surface area contributed by atoms with Crippen molar-refractivity contribution in [3.05, 3.63) is 53.1 Å². The zero-order valence-electron chi connectivity index (χ0n) is 20.1. The van der Waals surface area contributed by atoms with Gasteiger partial charge in [0.1, 0.15) is 17.0 Å². The van der Waals surface area contributed by atoms with Crippen molar-refractivity contribution in [2.75, 3.05) is 33.9 Å². The number of aromatic nitrogens is 1. The van der Waals surface area contributed by atoms with Crippen LogP contribution in [0, 0.1) is 0 Å². The van der Waals surface area contributed by atoms with Gasteiger partial charge in [-0.1, -0.05) is 50.4 Å². The van der Waals surface area contributed by atoms with Crippen LogP contribution in [0.15, 0.2) is 42.5 Å². The lowest BCUT2D eigenvalue weighted by Crippen LogP contribution is -2.31. The number of halogens is 1. The summed E-state index contributed by atoms with van der Waals surface area (Å²) in [6, 6.07) is 13.3. The maximum Gasteiger partial charge on any atom is 0.145 e. The molecule has 0 radical (unpaired) electrons. The minimum Gasteiger partial charge on any atom is -0.496 e. The van der Waals surface area contributed by atoms with E-state index in [1.807, 2.05) is 42.5 Å². The molecule has 0 saturated heterocycles. The molecule has 3 rings (SSSR count). The SMILES string of the molecule is CCCCN(CCCC)CC(O)c1cc(-c2ccc(Cl)cc2)nc2c(OC)ccc(OC)c12. The second kappa shape index (κ2) is 12.2. The lowest BCUT2D eigenvalue weighted by atomic mass is 9.98. The van der Waals surface area contributed by atoms with Gasteiger partial charge in [-0.05, 0) is 61.8 Å². The first kappa shape index (κ1) is 25.3. The maximum absolute atomic E-state index is 11.5. The van der Waals surface area contributed by atoms with Crippen molar-refractivity contribution in [1.29, 1.82) is 0 Å². The number of aliphatic hydroxyl groups excluding tert-OH is 1. The molecule has 178 valence electrons. The maximum atomic E-state index is 11.5. The van der Waals surface area contributed by atoms with Gasteiger partial charge in [-0.25, -0.2) is 4.98 Å². The molecule has 1 aromatic heterocycles. The number of ether oxygens (including phenoxy) is 2. The Labute approximate surface area is 202 Å². The number of fused-ring (bicyclic) bond motifs is 1. The third-order valence-corrected chi connectivity index (χ3v) is 6.19. The summed E-state index contributed by atoms with van der Waals surface area (Å²) in [6.07, 6.45) is 3.78. The number of pyridine rings is 1. The van der Waals surface area contributed by atoms with E-state index in [9.17, 15) is 5.11 Å². The predicted molar refractivity (Wildman–Crippen MR) is 137 cm³/mol. The standard InChI is InChI=1S/C27H35ClN2O3/c1-5-7-15-30(16-8-6-2)18-23(31)21-17-22(19-9-11-20(28)12-10-19)29-27-25(33-4)14-13-24(32-3)26(21)27/h9-14,17,23,31H,5-8,15-16,18H2,1-4H3. The van der Waals surface area contributed by atoms with Crippen molar-refractivity contribution in [3.8, 4) is 22.8 Å². The van der Waals surface area contributed by atoms with Gasteiger partial charge in [0.15, 0.2) is 0 Å². The molecule has 1 heterocycles. The number of rotatable bonds is 12. The molecule has 0 aliphatic heterocycles. The molecule has 3 aromatic rings. The van der Waals surface area contributed by atoms with Gasteiger partial charge in [0.2, 0.25) is 0 Å². The number of aliphatic hydroxyl groups is 1. The smallest absolute Gasteiger partial charge is 0.145 e.